The number of aromatic nitrogens is 3. The van der Waals surface area contributed by atoms with Crippen LogP contribution in [0.4, 0.5) is 4.39 Å². The first-order chi connectivity index (χ1) is 11.2. The molecule has 1 atom stereocenters. The molecule has 2 N–H and O–H groups in total. The predicted octanol–water partition coefficient (Wildman–Crippen LogP) is 3.41. The van der Waals surface area contributed by atoms with E-state index in [0.29, 0.717) is 0 Å². The Kier molecular flexibility index (Phi) is 3.42. The summed E-state index contributed by atoms with van der Waals surface area (Å²) in [6.07, 6.45) is 6.38. The van der Waals surface area contributed by atoms with Gasteiger partial charge in [-0.05, 0) is 49.6 Å². The number of benzene rings is 1. The van der Waals surface area contributed by atoms with Crippen molar-refractivity contribution in [2.24, 2.45) is 5.73 Å². The van der Waals surface area contributed by atoms with Crippen molar-refractivity contribution in [3.05, 3.63) is 65.9 Å². The summed E-state index contributed by atoms with van der Waals surface area (Å²) in [5, 5.41) is 4.75. The third-order valence-corrected chi connectivity index (χ3v) is 4.31. The van der Waals surface area contributed by atoms with E-state index in [1.54, 1.807) is 18.5 Å². The average Bonchev–Trinajstić information content (AvgIpc) is 2.97. The van der Waals surface area contributed by atoms with Crippen molar-refractivity contribution in [2.75, 3.05) is 0 Å². The molecule has 5 heteroatoms. The summed E-state index contributed by atoms with van der Waals surface area (Å²) in [6.45, 7) is 0. The van der Waals surface area contributed by atoms with Crippen molar-refractivity contribution in [2.45, 2.75) is 25.3 Å². The molecule has 1 aliphatic rings. The number of halogens is 1. The van der Waals surface area contributed by atoms with Gasteiger partial charge in [0, 0.05) is 35.3 Å². The Morgan fingerprint density at radius 2 is 2.13 bits per heavy atom. The van der Waals surface area contributed by atoms with Crippen LogP contribution in [0.3, 0.4) is 0 Å². The summed E-state index contributed by atoms with van der Waals surface area (Å²) < 4.78 is 15.4. The summed E-state index contributed by atoms with van der Waals surface area (Å²) in [7, 11) is 0. The van der Waals surface area contributed by atoms with Crippen LogP contribution in [-0.2, 0) is 6.42 Å². The van der Waals surface area contributed by atoms with Gasteiger partial charge in [-0.15, -0.1) is 0 Å². The fourth-order valence-electron chi connectivity index (χ4n) is 3.27. The van der Waals surface area contributed by atoms with E-state index in [-0.39, 0.29) is 11.9 Å². The van der Waals surface area contributed by atoms with Gasteiger partial charge in [-0.3, -0.25) is 4.98 Å². The summed E-state index contributed by atoms with van der Waals surface area (Å²) in [5.74, 6) is -0.269. The highest BCUT2D eigenvalue weighted by Crippen LogP contribution is 2.36. The third kappa shape index (κ3) is 2.43. The van der Waals surface area contributed by atoms with Crippen LogP contribution in [0.2, 0.25) is 0 Å². The van der Waals surface area contributed by atoms with Gasteiger partial charge >= 0.3 is 0 Å². The van der Waals surface area contributed by atoms with E-state index in [1.807, 2.05) is 22.9 Å². The molecule has 0 bridgehead atoms. The van der Waals surface area contributed by atoms with Crippen LogP contribution in [0.5, 0.6) is 0 Å². The molecule has 0 amide bonds. The number of nitrogens with two attached hydrogens (primary N) is 1. The number of fused-ring (bicyclic) bond motifs is 1. The highest BCUT2D eigenvalue weighted by Gasteiger charge is 2.27. The summed E-state index contributed by atoms with van der Waals surface area (Å²) in [6, 6.07) is 10.3. The lowest BCUT2D eigenvalue weighted by Crippen LogP contribution is -2.18. The largest absolute Gasteiger partial charge is 0.324 e. The minimum atomic E-state index is -0.269. The van der Waals surface area contributed by atoms with Crippen molar-refractivity contribution >= 4 is 0 Å². The first kappa shape index (κ1) is 14.1. The second-order valence-corrected chi connectivity index (χ2v) is 5.84. The number of nitrogens with zero attached hydrogens (tertiary/aromatic N) is 3. The maximum absolute atomic E-state index is 13.6. The second kappa shape index (κ2) is 5.59. The molecular weight excluding hydrogens is 291 g/mol. The molecule has 1 aromatic carbocycles. The zero-order chi connectivity index (χ0) is 15.8. The molecule has 1 unspecified atom stereocenters. The Bertz CT molecular complexity index is 841. The molecule has 1 aliphatic carbocycles. The molecule has 0 saturated carbocycles. The smallest absolute Gasteiger partial charge is 0.125 e. The predicted molar refractivity (Wildman–Crippen MR) is 86.6 cm³/mol. The van der Waals surface area contributed by atoms with E-state index in [1.165, 1.54) is 12.1 Å². The molecule has 0 aliphatic heterocycles. The minimum Gasteiger partial charge on any atom is -0.324 e. The van der Waals surface area contributed by atoms with E-state index >= 15 is 0 Å². The molecule has 4 nitrogen and oxygen atoms in total. The van der Waals surface area contributed by atoms with E-state index < -0.39 is 0 Å². The van der Waals surface area contributed by atoms with Gasteiger partial charge in [0.25, 0.3) is 0 Å². The molecule has 116 valence electrons. The quantitative estimate of drug-likeness (QED) is 0.789. The first-order valence-electron chi connectivity index (χ1n) is 7.78. The Labute approximate surface area is 133 Å². The van der Waals surface area contributed by atoms with E-state index in [9.17, 15) is 4.39 Å². The van der Waals surface area contributed by atoms with Crippen LogP contribution >= 0.6 is 0 Å². The van der Waals surface area contributed by atoms with Crippen LogP contribution in [0, 0.1) is 5.82 Å². The number of hydrogen-bond acceptors (Lipinski definition) is 3. The number of pyridine rings is 1. The van der Waals surface area contributed by atoms with Gasteiger partial charge in [0.2, 0.25) is 0 Å². The number of rotatable bonds is 2. The highest BCUT2D eigenvalue weighted by molar-refractivity contribution is 5.65. The van der Waals surface area contributed by atoms with Crippen molar-refractivity contribution in [3.8, 4) is 16.9 Å². The zero-order valence-corrected chi connectivity index (χ0v) is 12.6. The lowest BCUT2D eigenvalue weighted by molar-refractivity contribution is 0.557. The zero-order valence-electron chi connectivity index (χ0n) is 12.6. The lowest BCUT2D eigenvalue weighted by atomic mass is 9.90. The van der Waals surface area contributed by atoms with Crippen molar-refractivity contribution in [3.63, 3.8) is 0 Å². The third-order valence-electron chi connectivity index (χ3n) is 4.31. The molecule has 4 rings (SSSR count). The topological polar surface area (TPSA) is 56.7 Å². The molecule has 3 aromatic rings. The Balaban J connectivity index is 1.95. The molecule has 0 spiro atoms. The lowest BCUT2D eigenvalue weighted by Gasteiger charge is -2.20. The first-order valence-corrected chi connectivity index (χ1v) is 7.78. The SMILES string of the molecule is NC1CCCc2c1c(-c1cccnc1)nn2-c1cccc(F)c1. The summed E-state index contributed by atoms with van der Waals surface area (Å²) in [4.78, 5) is 4.18. The molecule has 0 fully saturated rings. The average molecular weight is 308 g/mol. The van der Waals surface area contributed by atoms with E-state index in [4.69, 9.17) is 10.8 Å². The van der Waals surface area contributed by atoms with Crippen LogP contribution in [0.1, 0.15) is 30.1 Å². The van der Waals surface area contributed by atoms with E-state index in [0.717, 1.165) is 47.5 Å². The molecular formula is C18H17FN4. The highest BCUT2D eigenvalue weighted by atomic mass is 19.1. The van der Waals surface area contributed by atoms with Crippen LogP contribution < -0.4 is 5.73 Å². The van der Waals surface area contributed by atoms with E-state index in [2.05, 4.69) is 4.98 Å². The van der Waals surface area contributed by atoms with Crippen LogP contribution in [0.25, 0.3) is 16.9 Å². The summed E-state index contributed by atoms with van der Waals surface area (Å²) >= 11 is 0. The second-order valence-electron chi connectivity index (χ2n) is 5.84. The standard InChI is InChI=1S/C18H17FN4/c19-13-5-1-6-14(10-13)23-16-8-2-7-15(20)17(16)18(22-23)12-4-3-9-21-11-12/h1,3-6,9-11,15H,2,7-8,20H2. The summed E-state index contributed by atoms with van der Waals surface area (Å²) in [5.41, 5.74) is 11.0. The van der Waals surface area contributed by atoms with Crippen LogP contribution in [-0.4, -0.2) is 14.8 Å². The van der Waals surface area contributed by atoms with Gasteiger partial charge in [0.05, 0.1) is 11.4 Å². The molecule has 0 saturated heterocycles. The van der Waals surface area contributed by atoms with Gasteiger partial charge in [0.1, 0.15) is 5.82 Å². The van der Waals surface area contributed by atoms with Gasteiger partial charge < -0.3 is 5.73 Å². The molecule has 23 heavy (non-hydrogen) atoms. The monoisotopic (exact) mass is 308 g/mol. The fraction of sp³-hybridized carbons (Fsp3) is 0.222. The molecule has 2 aromatic heterocycles. The normalized spacial score (nSPS) is 17.0. The van der Waals surface area contributed by atoms with Gasteiger partial charge in [0.15, 0.2) is 0 Å². The van der Waals surface area contributed by atoms with Crippen molar-refractivity contribution in [1.29, 1.82) is 0 Å². The molecule has 0 radical (unpaired) electrons. The number of hydrogen-bond donors (Lipinski definition) is 1. The fourth-order valence-corrected chi connectivity index (χ4v) is 3.27. The maximum Gasteiger partial charge on any atom is 0.125 e. The molecule has 2 heterocycles. The van der Waals surface area contributed by atoms with Crippen LogP contribution in [0.15, 0.2) is 48.8 Å². The Morgan fingerprint density at radius 1 is 1.22 bits per heavy atom. The van der Waals surface area contributed by atoms with Crippen molar-refractivity contribution < 1.29 is 4.39 Å². The Morgan fingerprint density at radius 3 is 2.91 bits per heavy atom. The minimum absolute atomic E-state index is 0.0451. The maximum atomic E-state index is 13.6. The van der Waals surface area contributed by atoms with Crippen molar-refractivity contribution in [1.82, 2.24) is 14.8 Å². The van der Waals surface area contributed by atoms with Gasteiger partial charge in [-0.1, -0.05) is 6.07 Å². The van der Waals surface area contributed by atoms with Gasteiger partial charge in [-0.2, -0.15) is 5.10 Å². The Hall–Kier alpha value is -2.53. The van der Waals surface area contributed by atoms with Gasteiger partial charge in [-0.25, -0.2) is 9.07 Å².